The molecule has 0 aromatic heterocycles. The Labute approximate surface area is 179 Å². The van der Waals surface area contributed by atoms with E-state index in [1.165, 1.54) is 11.1 Å². The molecular formula is C25H31N3O2. The van der Waals surface area contributed by atoms with Gasteiger partial charge in [0.15, 0.2) is 0 Å². The molecule has 0 unspecified atom stereocenters. The summed E-state index contributed by atoms with van der Waals surface area (Å²) in [7, 11) is 0. The molecular weight excluding hydrogens is 374 g/mol. The molecule has 2 aromatic carbocycles. The van der Waals surface area contributed by atoms with Gasteiger partial charge in [0.2, 0.25) is 0 Å². The molecule has 0 saturated carbocycles. The van der Waals surface area contributed by atoms with Crippen LogP contribution in [0.2, 0.25) is 0 Å². The molecule has 2 amide bonds. The van der Waals surface area contributed by atoms with E-state index in [-0.39, 0.29) is 17.0 Å². The largest absolute Gasteiger partial charge is 0.324 e. The summed E-state index contributed by atoms with van der Waals surface area (Å²) < 4.78 is 0. The van der Waals surface area contributed by atoms with E-state index in [4.69, 9.17) is 4.84 Å². The third-order valence-electron chi connectivity index (χ3n) is 5.96. The molecule has 30 heavy (non-hydrogen) atoms. The van der Waals surface area contributed by atoms with Crippen LogP contribution in [-0.2, 0) is 16.7 Å². The van der Waals surface area contributed by atoms with E-state index in [1.807, 2.05) is 23.1 Å². The minimum atomic E-state index is -0.310. The Hall–Kier alpha value is -2.79. The van der Waals surface area contributed by atoms with Crippen molar-refractivity contribution >= 4 is 11.7 Å². The second-order valence-corrected chi connectivity index (χ2v) is 9.35. The normalized spacial score (nSPS) is 18.1. The Morgan fingerprint density at radius 3 is 2.37 bits per heavy atom. The fourth-order valence-electron chi connectivity index (χ4n) is 4.04. The van der Waals surface area contributed by atoms with Crippen LogP contribution in [-0.4, -0.2) is 29.6 Å². The van der Waals surface area contributed by atoms with E-state index in [9.17, 15) is 4.79 Å². The first-order valence-electron chi connectivity index (χ1n) is 10.7. The van der Waals surface area contributed by atoms with Crippen LogP contribution in [0, 0.1) is 0 Å². The summed E-state index contributed by atoms with van der Waals surface area (Å²) in [5, 5.41) is 3.03. The van der Waals surface area contributed by atoms with E-state index < -0.39 is 0 Å². The Morgan fingerprint density at radius 2 is 1.73 bits per heavy atom. The molecule has 5 heteroatoms. The molecule has 0 radical (unpaired) electrons. The van der Waals surface area contributed by atoms with Crippen LogP contribution in [0.15, 0.2) is 66.4 Å². The summed E-state index contributed by atoms with van der Waals surface area (Å²) in [6.07, 6.45) is 4.61. The van der Waals surface area contributed by atoms with Gasteiger partial charge in [-0.2, -0.15) is 0 Å². The zero-order valence-electron chi connectivity index (χ0n) is 18.1. The minimum Gasteiger partial charge on any atom is -0.324 e. The molecule has 1 saturated heterocycles. The number of nitrogens with one attached hydrogen (secondary N) is 2. The standard InChI is InChI=1S/C25H31N3O2/c1-24(2,3)20-9-11-21(12-10-20)26-23(29)28-15-13-25(14-16-28)18-22(27-30-25)17-19-7-5-4-6-8-19/h4-12,18,27H,13-17H2,1-3H3,(H,26,29). The molecule has 5 nitrogen and oxygen atoms in total. The fraction of sp³-hybridized carbons (Fsp3) is 0.400. The zero-order valence-corrected chi connectivity index (χ0v) is 18.1. The van der Waals surface area contributed by atoms with Crippen molar-refractivity contribution in [3.8, 4) is 0 Å². The van der Waals surface area contributed by atoms with Gasteiger partial charge in [0.05, 0.1) is 0 Å². The number of nitrogens with zero attached hydrogens (tertiary/aromatic N) is 1. The maximum atomic E-state index is 12.7. The van der Waals surface area contributed by atoms with Crippen LogP contribution in [0.1, 0.15) is 44.7 Å². The van der Waals surface area contributed by atoms with Crippen LogP contribution in [0.4, 0.5) is 10.5 Å². The number of carbonyl (C=O) groups is 1. The van der Waals surface area contributed by atoms with Crippen LogP contribution in [0.5, 0.6) is 0 Å². The van der Waals surface area contributed by atoms with Crippen molar-refractivity contribution in [2.24, 2.45) is 0 Å². The number of benzene rings is 2. The molecule has 2 N–H and O–H groups in total. The van der Waals surface area contributed by atoms with E-state index >= 15 is 0 Å². The molecule has 2 heterocycles. The summed E-state index contributed by atoms with van der Waals surface area (Å²) in [5.41, 5.74) is 7.34. The Morgan fingerprint density at radius 1 is 1.07 bits per heavy atom. The van der Waals surface area contributed by atoms with Crippen molar-refractivity contribution in [2.75, 3.05) is 18.4 Å². The first kappa shape index (κ1) is 20.5. The predicted molar refractivity (Wildman–Crippen MR) is 120 cm³/mol. The van der Waals surface area contributed by atoms with Crippen LogP contribution in [0.25, 0.3) is 0 Å². The lowest BCUT2D eigenvalue weighted by Gasteiger charge is -2.36. The lowest BCUT2D eigenvalue weighted by atomic mass is 9.87. The smallest absolute Gasteiger partial charge is 0.321 e. The number of hydrogen-bond acceptors (Lipinski definition) is 3. The summed E-state index contributed by atoms with van der Waals surface area (Å²) in [5.74, 6) is 0. The van der Waals surface area contributed by atoms with Gasteiger partial charge in [0.1, 0.15) is 5.60 Å². The molecule has 0 bridgehead atoms. The SMILES string of the molecule is CC(C)(C)c1ccc(NC(=O)N2CCC3(C=C(Cc4ccccc4)NO3)CC2)cc1. The summed E-state index contributed by atoms with van der Waals surface area (Å²) in [4.78, 5) is 20.5. The molecule has 1 spiro atoms. The monoisotopic (exact) mass is 405 g/mol. The van der Waals surface area contributed by atoms with E-state index in [0.29, 0.717) is 13.1 Å². The van der Waals surface area contributed by atoms with Crippen molar-refractivity contribution in [1.82, 2.24) is 10.4 Å². The number of urea groups is 1. The van der Waals surface area contributed by atoms with E-state index in [1.54, 1.807) is 0 Å². The van der Waals surface area contributed by atoms with Gasteiger partial charge in [-0.1, -0.05) is 63.2 Å². The van der Waals surface area contributed by atoms with Crippen LogP contribution >= 0.6 is 0 Å². The molecule has 2 aliphatic heterocycles. The Kier molecular flexibility index (Phi) is 5.56. The van der Waals surface area contributed by atoms with Gasteiger partial charge < -0.3 is 10.2 Å². The van der Waals surface area contributed by atoms with E-state index in [2.05, 4.69) is 74.0 Å². The second kappa shape index (κ2) is 8.15. The lowest BCUT2D eigenvalue weighted by molar-refractivity contribution is -0.0683. The summed E-state index contributed by atoms with van der Waals surface area (Å²) >= 11 is 0. The Balaban J connectivity index is 1.31. The summed E-state index contributed by atoms with van der Waals surface area (Å²) in [6, 6.07) is 18.4. The molecule has 4 rings (SSSR count). The second-order valence-electron chi connectivity index (χ2n) is 9.35. The van der Waals surface area contributed by atoms with Gasteiger partial charge in [0.25, 0.3) is 0 Å². The number of likely N-dealkylation sites (tertiary alicyclic amines) is 1. The van der Waals surface area contributed by atoms with Crippen molar-refractivity contribution in [3.05, 3.63) is 77.5 Å². The van der Waals surface area contributed by atoms with Gasteiger partial charge >= 0.3 is 6.03 Å². The highest BCUT2D eigenvalue weighted by atomic mass is 16.7. The maximum absolute atomic E-state index is 12.7. The van der Waals surface area contributed by atoms with Crippen LogP contribution < -0.4 is 10.8 Å². The van der Waals surface area contributed by atoms with Crippen molar-refractivity contribution in [3.63, 3.8) is 0 Å². The lowest BCUT2D eigenvalue weighted by Crippen LogP contribution is -2.48. The molecule has 0 atom stereocenters. The maximum Gasteiger partial charge on any atom is 0.321 e. The molecule has 158 valence electrons. The predicted octanol–water partition coefficient (Wildman–Crippen LogP) is 5.01. The van der Waals surface area contributed by atoms with Gasteiger partial charge in [-0.25, -0.2) is 4.79 Å². The third kappa shape index (κ3) is 4.68. The highest BCUT2D eigenvalue weighted by Gasteiger charge is 2.39. The molecule has 1 fully saturated rings. The first-order valence-corrected chi connectivity index (χ1v) is 10.7. The topological polar surface area (TPSA) is 53.6 Å². The molecule has 0 aliphatic carbocycles. The minimum absolute atomic E-state index is 0.0483. The number of hydroxylamine groups is 1. The number of rotatable bonds is 3. The van der Waals surface area contributed by atoms with Crippen LogP contribution in [0.3, 0.4) is 0 Å². The average molecular weight is 406 g/mol. The van der Waals surface area contributed by atoms with Gasteiger partial charge in [-0.15, -0.1) is 0 Å². The quantitative estimate of drug-likeness (QED) is 0.755. The fourth-order valence-corrected chi connectivity index (χ4v) is 4.04. The van der Waals surface area contributed by atoms with Gasteiger partial charge in [-0.3, -0.25) is 10.3 Å². The van der Waals surface area contributed by atoms with Crippen molar-refractivity contribution in [2.45, 2.75) is 51.0 Å². The Bertz CT molecular complexity index is 906. The third-order valence-corrected chi connectivity index (χ3v) is 5.96. The summed E-state index contributed by atoms with van der Waals surface area (Å²) in [6.45, 7) is 7.89. The first-order chi connectivity index (χ1) is 14.3. The number of allylic oxidation sites excluding steroid dienone is 1. The van der Waals surface area contributed by atoms with Crippen molar-refractivity contribution < 1.29 is 9.63 Å². The number of carbonyl (C=O) groups excluding carboxylic acids is 1. The number of amides is 2. The van der Waals surface area contributed by atoms with Gasteiger partial charge in [-0.05, 0) is 34.8 Å². The van der Waals surface area contributed by atoms with Gasteiger partial charge in [0, 0.05) is 43.7 Å². The van der Waals surface area contributed by atoms with Crippen molar-refractivity contribution in [1.29, 1.82) is 0 Å². The molecule has 2 aromatic rings. The number of piperidine rings is 1. The average Bonchev–Trinajstić information content (AvgIpc) is 3.11. The zero-order chi connectivity index (χ0) is 21.2. The number of anilines is 1. The highest BCUT2D eigenvalue weighted by Crippen LogP contribution is 2.33. The molecule has 2 aliphatic rings. The highest BCUT2D eigenvalue weighted by molar-refractivity contribution is 5.89. The van der Waals surface area contributed by atoms with E-state index in [0.717, 1.165) is 30.6 Å². The number of hydrogen-bond donors (Lipinski definition) is 2.